The van der Waals surface area contributed by atoms with Crippen LogP contribution in [-0.4, -0.2) is 25.3 Å². The van der Waals surface area contributed by atoms with E-state index in [9.17, 15) is 4.79 Å². The molecule has 1 N–H and O–H groups in total. The molecule has 5 aromatic rings. The lowest BCUT2D eigenvalue weighted by molar-refractivity contribution is 0.102. The average Bonchev–Trinajstić information content (AvgIpc) is 3.46. The van der Waals surface area contributed by atoms with Gasteiger partial charge >= 0.3 is 0 Å². The molecule has 0 unspecified atom stereocenters. The van der Waals surface area contributed by atoms with Gasteiger partial charge in [0.05, 0.1) is 11.4 Å². The second-order valence-corrected chi connectivity index (χ2v) is 8.06. The average molecular weight is 442 g/mol. The number of hydrogen-bond donors (Lipinski definition) is 1. The van der Waals surface area contributed by atoms with Gasteiger partial charge in [0, 0.05) is 41.3 Å². The molecular weight excluding hydrogens is 422 g/mol. The molecule has 0 saturated heterocycles. The third-order valence-corrected chi connectivity index (χ3v) is 5.67. The molecule has 0 radical (unpaired) electrons. The first-order valence-electron chi connectivity index (χ1n) is 9.99. The molecule has 0 aliphatic carbocycles. The molecule has 0 aliphatic heterocycles. The molecule has 4 aromatic heterocycles. The molecule has 0 saturated carbocycles. The van der Waals surface area contributed by atoms with Crippen LogP contribution in [0.1, 0.15) is 21.6 Å². The van der Waals surface area contributed by atoms with Gasteiger partial charge in [-0.25, -0.2) is 9.97 Å². The second kappa shape index (κ2) is 8.60. The van der Waals surface area contributed by atoms with E-state index < -0.39 is 0 Å². The molecule has 1 amide bonds. The Labute approximate surface area is 188 Å². The van der Waals surface area contributed by atoms with Crippen LogP contribution in [0.15, 0.2) is 78.7 Å². The van der Waals surface area contributed by atoms with Gasteiger partial charge < -0.3 is 9.14 Å². The third-order valence-electron chi connectivity index (χ3n) is 4.91. The summed E-state index contributed by atoms with van der Waals surface area (Å²) < 4.78 is 7.83. The second-order valence-electron chi connectivity index (χ2n) is 7.20. The fourth-order valence-corrected chi connectivity index (χ4v) is 4.00. The smallest absolute Gasteiger partial charge is 0.257 e. The van der Waals surface area contributed by atoms with E-state index in [2.05, 4.69) is 20.3 Å². The number of aromatic nitrogens is 4. The van der Waals surface area contributed by atoms with Crippen LogP contribution >= 0.6 is 11.3 Å². The number of rotatable bonds is 6. The van der Waals surface area contributed by atoms with Crippen molar-refractivity contribution < 1.29 is 9.53 Å². The van der Waals surface area contributed by atoms with Crippen LogP contribution in [-0.2, 0) is 6.61 Å². The van der Waals surface area contributed by atoms with Crippen molar-refractivity contribution in [2.45, 2.75) is 13.5 Å². The lowest BCUT2D eigenvalue weighted by Gasteiger charge is -2.06. The van der Waals surface area contributed by atoms with E-state index in [1.165, 1.54) is 11.3 Å². The molecule has 1 aromatic carbocycles. The highest BCUT2D eigenvalue weighted by Gasteiger charge is 2.11. The van der Waals surface area contributed by atoms with Gasteiger partial charge in [0.2, 0.25) is 0 Å². The van der Waals surface area contributed by atoms with E-state index in [4.69, 9.17) is 4.74 Å². The molecular formula is C24H19N5O2S. The Morgan fingerprint density at radius 1 is 1.12 bits per heavy atom. The number of pyridine rings is 2. The first kappa shape index (κ1) is 19.9. The van der Waals surface area contributed by atoms with Gasteiger partial charge in [-0.1, -0.05) is 6.07 Å². The molecule has 0 spiro atoms. The fourth-order valence-electron chi connectivity index (χ4n) is 3.28. The molecule has 4 heterocycles. The summed E-state index contributed by atoms with van der Waals surface area (Å²) >= 11 is 1.37. The molecule has 32 heavy (non-hydrogen) atoms. The van der Waals surface area contributed by atoms with Crippen LogP contribution in [0.4, 0.5) is 5.13 Å². The van der Waals surface area contributed by atoms with E-state index in [0.29, 0.717) is 23.1 Å². The number of fused-ring (bicyclic) bond motifs is 1. The zero-order valence-corrected chi connectivity index (χ0v) is 18.0. The lowest BCUT2D eigenvalue weighted by Crippen LogP contribution is -2.11. The number of imidazole rings is 1. The normalized spacial score (nSPS) is 10.9. The van der Waals surface area contributed by atoms with E-state index in [0.717, 1.165) is 28.2 Å². The first-order valence-corrected chi connectivity index (χ1v) is 10.9. The van der Waals surface area contributed by atoms with Crippen LogP contribution in [0.5, 0.6) is 5.75 Å². The number of aryl methyl sites for hydroxylation is 1. The number of nitrogens with one attached hydrogen (secondary N) is 1. The molecule has 0 atom stereocenters. The Balaban J connectivity index is 1.21. The number of thiazole rings is 1. The maximum atomic E-state index is 12.6. The highest BCUT2D eigenvalue weighted by atomic mass is 32.1. The maximum absolute atomic E-state index is 12.6. The number of carbonyl (C=O) groups is 1. The summed E-state index contributed by atoms with van der Waals surface area (Å²) in [6, 6.07) is 14.8. The molecule has 7 nitrogen and oxygen atoms in total. The topological polar surface area (TPSA) is 81.4 Å². The summed E-state index contributed by atoms with van der Waals surface area (Å²) in [6.07, 6.45) is 7.38. The van der Waals surface area contributed by atoms with Crippen molar-refractivity contribution in [2.75, 3.05) is 5.32 Å². The van der Waals surface area contributed by atoms with Gasteiger partial charge in [0.1, 0.15) is 18.0 Å². The van der Waals surface area contributed by atoms with E-state index in [1.54, 1.807) is 36.7 Å². The summed E-state index contributed by atoms with van der Waals surface area (Å²) in [6.45, 7) is 2.38. The molecule has 0 bridgehead atoms. The zero-order chi connectivity index (χ0) is 21.9. The highest BCUT2D eigenvalue weighted by molar-refractivity contribution is 7.14. The number of nitrogens with zero attached hydrogens (tertiary/aromatic N) is 4. The maximum Gasteiger partial charge on any atom is 0.257 e. The molecule has 5 rings (SSSR count). The minimum absolute atomic E-state index is 0.223. The minimum Gasteiger partial charge on any atom is -0.487 e. The summed E-state index contributed by atoms with van der Waals surface area (Å²) in [5.74, 6) is 0.447. The largest absolute Gasteiger partial charge is 0.487 e. The van der Waals surface area contributed by atoms with E-state index in [-0.39, 0.29) is 5.91 Å². The Morgan fingerprint density at radius 2 is 2.00 bits per heavy atom. The summed E-state index contributed by atoms with van der Waals surface area (Å²) in [7, 11) is 0. The summed E-state index contributed by atoms with van der Waals surface area (Å²) in [5, 5.41) is 5.27. The van der Waals surface area contributed by atoms with Crippen LogP contribution < -0.4 is 10.1 Å². The number of hydrogen-bond acceptors (Lipinski definition) is 6. The quantitative estimate of drug-likeness (QED) is 0.401. The summed E-state index contributed by atoms with van der Waals surface area (Å²) in [4.78, 5) is 25.7. The van der Waals surface area contributed by atoms with Crippen molar-refractivity contribution in [1.82, 2.24) is 19.4 Å². The predicted molar refractivity (Wildman–Crippen MR) is 124 cm³/mol. The Hall–Kier alpha value is -4.04. The monoisotopic (exact) mass is 441 g/mol. The van der Waals surface area contributed by atoms with Gasteiger partial charge in [-0.05, 0) is 55.0 Å². The number of anilines is 1. The molecule has 158 valence electrons. The van der Waals surface area contributed by atoms with Crippen molar-refractivity contribution in [3.8, 4) is 17.0 Å². The van der Waals surface area contributed by atoms with Crippen LogP contribution in [0.2, 0.25) is 0 Å². The highest BCUT2D eigenvalue weighted by Crippen LogP contribution is 2.24. The first-order chi connectivity index (χ1) is 15.7. The van der Waals surface area contributed by atoms with Gasteiger partial charge in [-0.2, -0.15) is 0 Å². The third kappa shape index (κ3) is 4.21. The Kier molecular flexibility index (Phi) is 5.35. The van der Waals surface area contributed by atoms with Crippen LogP contribution in [0.3, 0.4) is 0 Å². The van der Waals surface area contributed by atoms with E-state index in [1.807, 2.05) is 53.4 Å². The number of ether oxygens (including phenoxy) is 1. The van der Waals surface area contributed by atoms with Gasteiger partial charge in [0.25, 0.3) is 5.91 Å². The van der Waals surface area contributed by atoms with Crippen molar-refractivity contribution >= 4 is 28.0 Å². The standard InChI is InChI=1S/C24H19N5O2S/c1-16-4-3-11-29-13-19(26-22(16)29)14-31-20-8-6-17(7-9-20)23(30)28-24-27-21(15-32-24)18-5-2-10-25-12-18/h2-13,15H,14H2,1H3,(H,27,28,30). The molecule has 8 heteroatoms. The van der Waals surface area contributed by atoms with Gasteiger partial charge in [-0.15, -0.1) is 11.3 Å². The fraction of sp³-hybridized carbons (Fsp3) is 0.0833. The van der Waals surface area contributed by atoms with Crippen LogP contribution in [0.25, 0.3) is 16.9 Å². The predicted octanol–water partition coefficient (Wildman–Crippen LogP) is 4.99. The minimum atomic E-state index is -0.223. The van der Waals surface area contributed by atoms with Crippen molar-refractivity contribution in [1.29, 1.82) is 0 Å². The number of benzene rings is 1. The van der Waals surface area contributed by atoms with Crippen molar-refractivity contribution in [2.24, 2.45) is 0 Å². The molecule has 0 fully saturated rings. The van der Waals surface area contributed by atoms with Gasteiger partial charge in [-0.3, -0.25) is 15.1 Å². The zero-order valence-electron chi connectivity index (χ0n) is 17.2. The Bertz CT molecular complexity index is 1380. The Morgan fingerprint density at radius 3 is 2.78 bits per heavy atom. The number of amides is 1. The van der Waals surface area contributed by atoms with Crippen molar-refractivity contribution in [3.05, 3.63) is 95.5 Å². The number of carbonyl (C=O) groups excluding carboxylic acids is 1. The van der Waals surface area contributed by atoms with E-state index >= 15 is 0 Å². The van der Waals surface area contributed by atoms with Gasteiger partial charge in [0.15, 0.2) is 5.13 Å². The van der Waals surface area contributed by atoms with Crippen LogP contribution in [0, 0.1) is 6.92 Å². The SMILES string of the molecule is Cc1cccn2cc(COc3ccc(C(=O)Nc4nc(-c5cccnc5)cs4)cc3)nc12. The summed E-state index contributed by atoms with van der Waals surface area (Å²) in [5.41, 5.74) is 5.10. The lowest BCUT2D eigenvalue weighted by atomic mass is 10.2. The molecule has 0 aliphatic rings. The van der Waals surface area contributed by atoms with Crippen molar-refractivity contribution in [3.63, 3.8) is 0 Å².